The predicted molar refractivity (Wildman–Crippen MR) is 73.3 cm³/mol. The van der Waals surface area contributed by atoms with Crippen LogP contribution in [0.2, 0.25) is 0 Å². The van der Waals surface area contributed by atoms with Crippen molar-refractivity contribution in [2.75, 3.05) is 0 Å². The second kappa shape index (κ2) is 4.91. The SMILES string of the molecule is NC(Cc1ccncc1)c1ccc2c(c1)CCC2. The largest absolute Gasteiger partial charge is 0.324 e. The number of rotatable bonds is 3. The van der Waals surface area contributed by atoms with Gasteiger partial charge >= 0.3 is 0 Å². The van der Waals surface area contributed by atoms with E-state index in [-0.39, 0.29) is 6.04 Å². The lowest BCUT2D eigenvalue weighted by molar-refractivity contribution is 0.720. The first-order chi connectivity index (χ1) is 8.83. The minimum atomic E-state index is 0.0818. The summed E-state index contributed by atoms with van der Waals surface area (Å²) in [6, 6.07) is 10.9. The van der Waals surface area contributed by atoms with Crippen molar-refractivity contribution in [3.8, 4) is 0 Å². The van der Waals surface area contributed by atoms with Crippen LogP contribution in [0.15, 0.2) is 42.7 Å². The molecule has 92 valence electrons. The molecule has 2 heteroatoms. The van der Waals surface area contributed by atoms with Gasteiger partial charge in [0, 0.05) is 18.4 Å². The average molecular weight is 238 g/mol. The highest BCUT2D eigenvalue weighted by Crippen LogP contribution is 2.25. The second-order valence-corrected chi connectivity index (χ2v) is 5.05. The fraction of sp³-hybridized carbons (Fsp3) is 0.312. The molecule has 1 heterocycles. The monoisotopic (exact) mass is 238 g/mol. The van der Waals surface area contributed by atoms with E-state index in [4.69, 9.17) is 5.73 Å². The molecule has 0 amide bonds. The molecule has 0 bridgehead atoms. The first-order valence-electron chi connectivity index (χ1n) is 6.59. The van der Waals surface area contributed by atoms with E-state index in [0.717, 1.165) is 6.42 Å². The first kappa shape index (κ1) is 11.4. The van der Waals surface area contributed by atoms with Gasteiger partial charge in [0.1, 0.15) is 0 Å². The van der Waals surface area contributed by atoms with Crippen LogP contribution in [0.1, 0.15) is 34.7 Å². The van der Waals surface area contributed by atoms with Crippen LogP contribution in [0, 0.1) is 0 Å². The van der Waals surface area contributed by atoms with Crippen LogP contribution < -0.4 is 5.73 Å². The molecular weight excluding hydrogens is 220 g/mol. The number of fused-ring (bicyclic) bond motifs is 1. The highest BCUT2D eigenvalue weighted by Gasteiger charge is 2.13. The Kier molecular flexibility index (Phi) is 3.11. The number of hydrogen-bond acceptors (Lipinski definition) is 2. The number of aromatic nitrogens is 1. The number of benzene rings is 1. The maximum atomic E-state index is 6.30. The van der Waals surface area contributed by atoms with Crippen molar-refractivity contribution < 1.29 is 0 Å². The average Bonchev–Trinajstić information content (AvgIpc) is 2.87. The quantitative estimate of drug-likeness (QED) is 0.893. The van der Waals surface area contributed by atoms with E-state index in [9.17, 15) is 0 Å². The topological polar surface area (TPSA) is 38.9 Å². The lowest BCUT2D eigenvalue weighted by Crippen LogP contribution is -2.13. The minimum Gasteiger partial charge on any atom is -0.324 e. The van der Waals surface area contributed by atoms with Gasteiger partial charge in [0.25, 0.3) is 0 Å². The van der Waals surface area contributed by atoms with E-state index < -0.39 is 0 Å². The number of nitrogens with zero attached hydrogens (tertiary/aromatic N) is 1. The van der Waals surface area contributed by atoms with E-state index in [1.165, 1.54) is 41.5 Å². The van der Waals surface area contributed by atoms with Crippen molar-refractivity contribution in [3.63, 3.8) is 0 Å². The van der Waals surface area contributed by atoms with Crippen LogP contribution in [0.3, 0.4) is 0 Å². The van der Waals surface area contributed by atoms with Gasteiger partial charge in [-0.2, -0.15) is 0 Å². The molecule has 1 unspecified atom stereocenters. The minimum absolute atomic E-state index is 0.0818. The third kappa shape index (κ3) is 2.29. The molecule has 1 aliphatic carbocycles. The zero-order valence-electron chi connectivity index (χ0n) is 10.5. The smallest absolute Gasteiger partial charge is 0.0335 e. The third-order valence-corrected chi connectivity index (χ3v) is 3.76. The molecule has 0 radical (unpaired) electrons. The van der Waals surface area contributed by atoms with Gasteiger partial charge < -0.3 is 5.73 Å². The summed E-state index contributed by atoms with van der Waals surface area (Å²) in [6.07, 6.45) is 8.26. The summed E-state index contributed by atoms with van der Waals surface area (Å²) < 4.78 is 0. The Morgan fingerprint density at radius 2 is 1.83 bits per heavy atom. The van der Waals surface area contributed by atoms with Gasteiger partial charge in [0.15, 0.2) is 0 Å². The standard InChI is InChI=1S/C16H18N2/c17-16(10-12-6-8-18-9-7-12)15-5-4-13-2-1-3-14(13)11-15/h4-9,11,16H,1-3,10,17H2. The summed E-state index contributed by atoms with van der Waals surface area (Å²) >= 11 is 0. The summed E-state index contributed by atoms with van der Waals surface area (Å²) in [5.74, 6) is 0. The molecule has 1 atom stereocenters. The summed E-state index contributed by atoms with van der Waals surface area (Å²) in [6.45, 7) is 0. The molecule has 0 aliphatic heterocycles. The number of nitrogens with two attached hydrogens (primary N) is 1. The van der Waals surface area contributed by atoms with Gasteiger partial charge in [-0.25, -0.2) is 0 Å². The van der Waals surface area contributed by atoms with Crippen molar-refractivity contribution in [2.24, 2.45) is 5.73 Å². The maximum absolute atomic E-state index is 6.30. The van der Waals surface area contributed by atoms with Gasteiger partial charge in [0.05, 0.1) is 0 Å². The lowest BCUT2D eigenvalue weighted by Gasteiger charge is -2.13. The van der Waals surface area contributed by atoms with Crippen LogP contribution >= 0.6 is 0 Å². The number of hydrogen-bond donors (Lipinski definition) is 1. The Morgan fingerprint density at radius 1 is 1.06 bits per heavy atom. The number of pyridine rings is 1. The van der Waals surface area contributed by atoms with E-state index in [1.807, 2.05) is 24.5 Å². The Hall–Kier alpha value is -1.67. The van der Waals surface area contributed by atoms with Crippen LogP contribution in [0.5, 0.6) is 0 Å². The van der Waals surface area contributed by atoms with E-state index in [2.05, 4.69) is 23.2 Å². The Morgan fingerprint density at radius 3 is 2.67 bits per heavy atom. The number of aryl methyl sites for hydroxylation is 2. The van der Waals surface area contributed by atoms with Crippen molar-refractivity contribution in [1.82, 2.24) is 4.98 Å². The molecule has 2 nitrogen and oxygen atoms in total. The van der Waals surface area contributed by atoms with Gasteiger partial charge in [-0.1, -0.05) is 18.2 Å². The highest BCUT2D eigenvalue weighted by atomic mass is 14.6. The molecule has 1 aliphatic rings. The molecule has 0 spiro atoms. The van der Waals surface area contributed by atoms with Gasteiger partial charge in [-0.15, -0.1) is 0 Å². The molecule has 0 fully saturated rings. The van der Waals surface area contributed by atoms with Crippen molar-refractivity contribution in [2.45, 2.75) is 31.7 Å². The first-order valence-corrected chi connectivity index (χ1v) is 6.59. The molecular formula is C16H18N2. The summed E-state index contributed by atoms with van der Waals surface area (Å²) in [4.78, 5) is 4.03. The molecule has 3 rings (SSSR count). The highest BCUT2D eigenvalue weighted by molar-refractivity contribution is 5.37. The van der Waals surface area contributed by atoms with Gasteiger partial charge in [-0.3, -0.25) is 4.98 Å². The lowest BCUT2D eigenvalue weighted by atomic mass is 9.97. The molecule has 2 aromatic rings. The van der Waals surface area contributed by atoms with Crippen LogP contribution in [0.4, 0.5) is 0 Å². The summed E-state index contributed by atoms with van der Waals surface area (Å²) in [7, 11) is 0. The van der Waals surface area contributed by atoms with Crippen molar-refractivity contribution >= 4 is 0 Å². The molecule has 0 saturated carbocycles. The van der Waals surface area contributed by atoms with Crippen LogP contribution in [-0.4, -0.2) is 4.98 Å². The maximum Gasteiger partial charge on any atom is 0.0335 e. The molecule has 1 aromatic carbocycles. The van der Waals surface area contributed by atoms with Crippen LogP contribution in [-0.2, 0) is 19.3 Å². The Labute approximate surface area is 108 Å². The Bertz CT molecular complexity index is 534. The van der Waals surface area contributed by atoms with Crippen LogP contribution in [0.25, 0.3) is 0 Å². The van der Waals surface area contributed by atoms with Gasteiger partial charge in [-0.05, 0) is 60.1 Å². The normalized spacial score (nSPS) is 15.4. The van der Waals surface area contributed by atoms with E-state index >= 15 is 0 Å². The van der Waals surface area contributed by atoms with Gasteiger partial charge in [0.2, 0.25) is 0 Å². The fourth-order valence-corrected chi connectivity index (χ4v) is 2.71. The molecule has 18 heavy (non-hydrogen) atoms. The zero-order valence-corrected chi connectivity index (χ0v) is 10.5. The summed E-state index contributed by atoms with van der Waals surface area (Å²) in [5, 5.41) is 0. The van der Waals surface area contributed by atoms with Crippen molar-refractivity contribution in [3.05, 3.63) is 65.0 Å². The second-order valence-electron chi connectivity index (χ2n) is 5.05. The van der Waals surface area contributed by atoms with E-state index in [1.54, 1.807) is 0 Å². The van der Waals surface area contributed by atoms with E-state index in [0.29, 0.717) is 0 Å². The Balaban J connectivity index is 1.78. The molecule has 1 aromatic heterocycles. The molecule has 0 saturated heterocycles. The van der Waals surface area contributed by atoms with Crippen molar-refractivity contribution in [1.29, 1.82) is 0 Å². The zero-order chi connectivity index (χ0) is 12.4. The molecule has 2 N–H and O–H groups in total. The predicted octanol–water partition coefficient (Wildman–Crippen LogP) is 2.81. The summed E-state index contributed by atoms with van der Waals surface area (Å²) in [5.41, 5.74) is 11.8. The third-order valence-electron chi connectivity index (χ3n) is 3.76. The fourth-order valence-electron chi connectivity index (χ4n) is 2.71.